The summed E-state index contributed by atoms with van der Waals surface area (Å²) in [7, 11) is 0. The summed E-state index contributed by atoms with van der Waals surface area (Å²) in [6, 6.07) is 4.73. The van der Waals surface area contributed by atoms with Gasteiger partial charge in [-0.15, -0.1) is 0 Å². The molecule has 18 heavy (non-hydrogen) atoms. The van der Waals surface area contributed by atoms with Gasteiger partial charge < -0.3 is 10.4 Å². The molecule has 0 aliphatic rings. The lowest BCUT2D eigenvalue weighted by Crippen LogP contribution is -2.32. The maximum atomic E-state index is 13.2. The molecule has 0 heterocycles. The first-order chi connectivity index (χ1) is 8.44. The minimum Gasteiger partial charge on any atom is -0.390 e. The Morgan fingerprint density at radius 1 is 1.33 bits per heavy atom. The van der Waals surface area contributed by atoms with Crippen LogP contribution in [0.3, 0.4) is 0 Å². The highest BCUT2D eigenvalue weighted by atomic mass is 19.1. The third-order valence-electron chi connectivity index (χ3n) is 3.15. The van der Waals surface area contributed by atoms with E-state index < -0.39 is 5.60 Å². The second kappa shape index (κ2) is 6.86. The average molecular weight is 253 g/mol. The zero-order chi connectivity index (χ0) is 13.6. The van der Waals surface area contributed by atoms with Gasteiger partial charge in [0, 0.05) is 6.42 Å². The largest absolute Gasteiger partial charge is 0.390 e. The molecule has 0 fully saturated rings. The molecule has 0 aliphatic heterocycles. The Kier molecular flexibility index (Phi) is 5.76. The van der Waals surface area contributed by atoms with E-state index in [0.717, 1.165) is 30.6 Å². The molecule has 0 saturated heterocycles. The molecular weight excluding hydrogens is 229 g/mol. The van der Waals surface area contributed by atoms with Gasteiger partial charge in [-0.2, -0.15) is 0 Å². The molecule has 3 heteroatoms. The van der Waals surface area contributed by atoms with Crippen LogP contribution < -0.4 is 5.32 Å². The van der Waals surface area contributed by atoms with E-state index in [1.807, 2.05) is 13.8 Å². The molecule has 2 N–H and O–H groups in total. The predicted octanol–water partition coefficient (Wildman–Crippen LogP) is 2.82. The predicted molar refractivity (Wildman–Crippen MR) is 73.2 cm³/mol. The Labute approximate surface area is 109 Å². The fourth-order valence-corrected chi connectivity index (χ4v) is 1.99. The second-order valence-corrected chi connectivity index (χ2v) is 5.24. The molecule has 0 spiro atoms. The minimum absolute atomic E-state index is 0.240. The van der Waals surface area contributed by atoms with Crippen LogP contribution in [0.5, 0.6) is 0 Å². The molecule has 1 rings (SSSR count). The molecule has 0 bridgehead atoms. The monoisotopic (exact) mass is 253 g/mol. The summed E-state index contributed by atoms with van der Waals surface area (Å²) in [5, 5.41) is 13.6. The molecule has 1 aromatic rings. The molecule has 102 valence electrons. The lowest BCUT2D eigenvalue weighted by atomic mass is 9.91. The fourth-order valence-electron chi connectivity index (χ4n) is 1.99. The van der Waals surface area contributed by atoms with Crippen molar-refractivity contribution in [3.63, 3.8) is 0 Å². The van der Waals surface area contributed by atoms with Crippen molar-refractivity contribution >= 4 is 0 Å². The third kappa shape index (κ3) is 5.15. The number of rotatable bonds is 7. The minimum atomic E-state index is -0.792. The van der Waals surface area contributed by atoms with E-state index in [1.165, 1.54) is 12.1 Å². The van der Waals surface area contributed by atoms with E-state index in [9.17, 15) is 9.50 Å². The Morgan fingerprint density at radius 2 is 2.06 bits per heavy atom. The van der Waals surface area contributed by atoms with E-state index in [1.54, 1.807) is 6.07 Å². The molecule has 0 aliphatic carbocycles. The standard InChI is InChI=1S/C15H24FNO/c1-4-8-17-9-7-15(3,18)11-13-10-14(16)6-5-12(13)2/h5-6,10,17-18H,4,7-9,11H2,1-3H3. The summed E-state index contributed by atoms with van der Waals surface area (Å²) in [6.07, 6.45) is 2.25. The molecule has 1 unspecified atom stereocenters. The van der Waals surface area contributed by atoms with Crippen molar-refractivity contribution in [3.05, 3.63) is 35.1 Å². The van der Waals surface area contributed by atoms with Crippen molar-refractivity contribution in [2.45, 2.75) is 45.6 Å². The molecule has 0 amide bonds. The van der Waals surface area contributed by atoms with Crippen LogP contribution in [-0.4, -0.2) is 23.8 Å². The molecular formula is C15H24FNO. The summed E-state index contributed by atoms with van der Waals surface area (Å²) in [5.74, 6) is -0.240. The topological polar surface area (TPSA) is 32.3 Å². The number of aliphatic hydroxyl groups is 1. The van der Waals surface area contributed by atoms with Crippen molar-refractivity contribution < 1.29 is 9.50 Å². The van der Waals surface area contributed by atoms with Crippen LogP contribution in [-0.2, 0) is 6.42 Å². The number of halogens is 1. The first kappa shape index (κ1) is 15.1. The maximum Gasteiger partial charge on any atom is 0.123 e. The van der Waals surface area contributed by atoms with E-state index in [0.29, 0.717) is 12.8 Å². The van der Waals surface area contributed by atoms with E-state index in [4.69, 9.17) is 0 Å². The number of nitrogens with one attached hydrogen (secondary N) is 1. The Morgan fingerprint density at radius 3 is 2.72 bits per heavy atom. The Bertz CT molecular complexity index is 377. The van der Waals surface area contributed by atoms with E-state index in [2.05, 4.69) is 12.2 Å². The lowest BCUT2D eigenvalue weighted by molar-refractivity contribution is 0.0514. The van der Waals surface area contributed by atoms with Gasteiger partial charge in [-0.25, -0.2) is 4.39 Å². The van der Waals surface area contributed by atoms with Gasteiger partial charge in [0.05, 0.1) is 5.60 Å². The highest BCUT2D eigenvalue weighted by molar-refractivity contribution is 5.27. The quantitative estimate of drug-likeness (QED) is 0.732. The second-order valence-electron chi connectivity index (χ2n) is 5.24. The molecule has 2 nitrogen and oxygen atoms in total. The summed E-state index contributed by atoms with van der Waals surface area (Å²) in [5.41, 5.74) is 1.12. The van der Waals surface area contributed by atoms with Crippen LogP contribution in [0.25, 0.3) is 0 Å². The smallest absolute Gasteiger partial charge is 0.123 e. The van der Waals surface area contributed by atoms with Crippen molar-refractivity contribution in [1.82, 2.24) is 5.32 Å². The normalized spacial score (nSPS) is 14.5. The summed E-state index contributed by atoms with van der Waals surface area (Å²) < 4.78 is 13.2. The number of hydrogen-bond acceptors (Lipinski definition) is 2. The molecule has 0 saturated carbocycles. The van der Waals surface area contributed by atoms with Crippen molar-refractivity contribution in [2.75, 3.05) is 13.1 Å². The van der Waals surface area contributed by atoms with Gasteiger partial charge in [-0.1, -0.05) is 13.0 Å². The van der Waals surface area contributed by atoms with Crippen LogP contribution in [0.1, 0.15) is 37.8 Å². The first-order valence-corrected chi connectivity index (χ1v) is 6.63. The fraction of sp³-hybridized carbons (Fsp3) is 0.600. The lowest BCUT2D eigenvalue weighted by Gasteiger charge is -2.24. The van der Waals surface area contributed by atoms with Gasteiger partial charge in [0.1, 0.15) is 5.82 Å². The Balaban J connectivity index is 2.55. The summed E-state index contributed by atoms with van der Waals surface area (Å²) >= 11 is 0. The molecule has 1 atom stereocenters. The summed E-state index contributed by atoms with van der Waals surface area (Å²) in [4.78, 5) is 0. The highest BCUT2D eigenvalue weighted by Gasteiger charge is 2.21. The van der Waals surface area contributed by atoms with Crippen LogP contribution in [0, 0.1) is 12.7 Å². The molecule has 0 aromatic heterocycles. The zero-order valence-electron chi connectivity index (χ0n) is 11.6. The van der Waals surface area contributed by atoms with E-state index >= 15 is 0 Å². The van der Waals surface area contributed by atoms with Gasteiger partial charge >= 0.3 is 0 Å². The van der Waals surface area contributed by atoms with Gasteiger partial charge in [0.25, 0.3) is 0 Å². The number of aryl methyl sites for hydroxylation is 1. The van der Waals surface area contributed by atoms with Crippen molar-refractivity contribution in [1.29, 1.82) is 0 Å². The Hall–Kier alpha value is -0.930. The molecule has 0 radical (unpaired) electrons. The van der Waals surface area contributed by atoms with E-state index in [-0.39, 0.29) is 5.82 Å². The van der Waals surface area contributed by atoms with Crippen molar-refractivity contribution in [3.8, 4) is 0 Å². The van der Waals surface area contributed by atoms with Crippen LogP contribution in [0.15, 0.2) is 18.2 Å². The van der Waals surface area contributed by atoms with Crippen molar-refractivity contribution in [2.24, 2.45) is 0 Å². The first-order valence-electron chi connectivity index (χ1n) is 6.63. The number of hydrogen-bond donors (Lipinski definition) is 2. The van der Waals surface area contributed by atoms with Gasteiger partial charge in [0.2, 0.25) is 0 Å². The van der Waals surface area contributed by atoms with Gasteiger partial charge in [-0.3, -0.25) is 0 Å². The van der Waals surface area contributed by atoms with Crippen LogP contribution in [0.4, 0.5) is 4.39 Å². The van der Waals surface area contributed by atoms with Crippen LogP contribution >= 0.6 is 0 Å². The maximum absolute atomic E-state index is 13.2. The average Bonchev–Trinajstić information content (AvgIpc) is 2.29. The summed E-state index contributed by atoms with van der Waals surface area (Å²) in [6.45, 7) is 7.62. The van der Waals surface area contributed by atoms with Gasteiger partial charge in [-0.05, 0) is 63.0 Å². The SMILES string of the molecule is CCCNCCC(C)(O)Cc1cc(F)ccc1C. The number of benzene rings is 1. The van der Waals surface area contributed by atoms with Gasteiger partial charge in [0.15, 0.2) is 0 Å². The highest BCUT2D eigenvalue weighted by Crippen LogP contribution is 2.20. The third-order valence-corrected chi connectivity index (χ3v) is 3.15. The van der Waals surface area contributed by atoms with Crippen LogP contribution in [0.2, 0.25) is 0 Å². The molecule has 1 aromatic carbocycles. The zero-order valence-corrected chi connectivity index (χ0v) is 11.6.